The van der Waals surface area contributed by atoms with E-state index < -0.39 is 0 Å². The molecule has 3 aromatic heterocycles. The van der Waals surface area contributed by atoms with E-state index in [0.29, 0.717) is 12.1 Å². The van der Waals surface area contributed by atoms with Crippen molar-refractivity contribution >= 4 is 53.1 Å². The number of amides is 1. The molecule has 3 aromatic rings. The third kappa shape index (κ3) is 4.66. The molecule has 154 valence electrons. The third-order valence-electron chi connectivity index (χ3n) is 4.35. The van der Waals surface area contributed by atoms with Crippen LogP contribution in [0, 0.1) is 13.8 Å². The van der Waals surface area contributed by atoms with Gasteiger partial charge in [-0.25, -0.2) is 9.67 Å². The highest BCUT2D eigenvalue weighted by molar-refractivity contribution is 7.12. The Bertz CT molecular complexity index is 967. The summed E-state index contributed by atoms with van der Waals surface area (Å²) < 4.78 is 1.86. The van der Waals surface area contributed by atoms with Crippen LogP contribution in [0.25, 0.3) is 22.3 Å². The highest BCUT2D eigenvalue weighted by Gasteiger charge is 2.20. The van der Waals surface area contributed by atoms with Crippen molar-refractivity contribution in [2.75, 3.05) is 6.54 Å². The summed E-state index contributed by atoms with van der Waals surface area (Å²) in [6, 6.07) is 4.04. The van der Waals surface area contributed by atoms with Gasteiger partial charge in [0.15, 0.2) is 5.65 Å². The quantitative estimate of drug-likeness (QED) is 0.615. The van der Waals surface area contributed by atoms with Gasteiger partial charge in [0.2, 0.25) is 0 Å². The van der Waals surface area contributed by atoms with E-state index in [1.165, 1.54) is 9.75 Å². The monoisotopic (exact) mass is 443 g/mol. The Morgan fingerprint density at radius 2 is 1.93 bits per heavy atom. The Morgan fingerprint density at radius 3 is 2.46 bits per heavy atom. The fourth-order valence-electron chi connectivity index (χ4n) is 2.97. The van der Waals surface area contributed by atoms with Gasteiger partial charge in [-0.1, -0.05) is 0 Å². The van der Waals surface area contributed by atoms with Crippen LogP contribution in [0.3, 0.4) is 0 Å². The summed E-state index contributed by atoms with van der Waals surface area (Å²) >= 11 is 1.73. The van der Waals surface area contributed by atoms with E-state index in [1.54, 1.807) is 17.5 Å². The first-order valence-corrected chi connectivity index (χ1v) is 9.60. The molecular formula is C19H27Cl2N5OS. The van der Waals surface area contributed by atoms with Gasteiger partial charge in [0.25, 0.3) is 5.91 Å². The van der Waals surface area contributed by atoms with Gasteiger partial charge in [0, 0.05) is 33.9 Å². The molecule has 0 fully saturated rings. The number of fused-ring (bicyclic) bond motifs is 1. The molecule has 0 saturated carbocycles. The molecule has 9 heteroatoms. The van der Waals surface area contributed by atoms with Gasteiger partial charge in [-0.3, -0.25) is 4.79 Å². The molecule has 0 spiro atoms. The summed E-state index contributed by atoms with van der Waals surface area (Å²) in [4.78, 5) is 20.1. The molecule has 0 bridgehead atoms. The fraction of sp³-hybridized carbons (Fsp3) is 0.421. The molecule has 6 nitrogen and oxygen atoms in total. The van der Waals surface area contributed by atoms with E-state index in [2.05, 4.69) is 44.2 Å². The van der Waals surface area contributed by atoms with Gasteiger partial charge < -0.3 is 11.1 Å². The Balaban J connectivity index is 0.00000196. The first-order chi connectivity index (χ1) is 12.3. The number of hydrogen-bond acceptors (Lipinski definition) is 5. The number of thiophene rings is 1. The van der Waals surface area contributed by atoms with Crippen molar-refractivity contribution in [1.82, 2.24) is 20.1 Å². The predicted octanol–water partition coefficient (Wildman–Crippen LogP) is 4.28. The molecule has 3 heterocycles. The number of halogens is 2. The van der Waals surface area contributed by atoms with Crippen molar-refractivity contribution in [3.8, 4) is 11.3 Å². The van der Waals surface area contributed by atoms with Crippen LogP contribution in [-0.4, -0.2) is 33.3 Å². The van der Waals surface area contributed by atoms with Crippen LogP contribution >= 0.6 is 36.2 Å². The highest BCUT2D eigenvalue weighted by atomic mass is 35.5. The standard InChI is InChI=1S/C19H25N5OS.2ClH/c1-10(2)24-18-16(9-21-24)15(19(25)22-11(3)8-20)7-17(23-18)14-6-12(4)26-13(14)5;;/h6-7,9-11H,8,20H2,1-5H3,(H,22,25);2*1H/t11-;;/m0../s1. The lowest BCUT2D eigenvalue weighted by Gasteiger charge is -2.13. The average molecular weight is 444 g/mol. The van der Waals surface area contributed by atoms with Gasteiger partial charge in [-0.15, -0.1) is 36.2 Å². The predicted molar refractivity (Wildman–Crippen MR) is 121 cm³/mol. The SMILES string of the molecule is Cc1cc(-c2cc(C(=O)N[C@@H](C)CN)c3cnn(C(C)C)c3n2)c(C)s1.Cl.Cl. The second-order valence-electron chi connectivity index (χ2n) is 6.91. The van der Waals surface area contributed by atoms with Gasteiger partial charge >= 0.3 is 0 Å². The summed E-state index contributed by atoms with van der Waals surface area (Å²) in [6.45, 7) is 10.5. The summed E-state index contributed by atoms with van der Waals surface area (Å²) in [5.74, 6) is -0.149. The second kappa shape index (κ2) is 9.69. The number of pyridine rings is 1. The molecule has 3 rings (SSSR count). The zero-order valence-corrected chi connectivity index (χ0v) is 19.1. The molecule has 1 amide bonds. The number of hydrogen-bond donors (Lipinski definition) is 2. The molecule has 0 aliphatic heterocycles. The number of nitrogens with one attached hydrogen (secondary N) is 1. The molecule has 0 radical (unpaired) electrons. The van der Waals surface area contributed by atoms with E-state index in [9.17, 15) is 4.79 Å². The lowest BCUT2D eigenvalue weighted by atomic mass is 10.1. The van der Waals surface area contributed by atoms with Crippen LogP contribution in [0.1, 0.15) is 46.9 Å². The van der Waals surface area contributed by atoms with Crippen molar-refractivity contribution < 1.29 is 4.79 Å². The maximum absolute atomic E-state index is 12.9. The number of nitrogens with zero attached hydrogens (tertiary/aromatic N) is 3. The van der Waals surface area contributed by atoms with E-state index in [4.69, 9.17) is 10.7 Å². The molecule has 0 saturated heterocycles. The first-order valence-electron chi connectivity index (χ1n) is 8.78. The van der Waals surface area contributed by atoms with Gasteiger partial charge in [-0.2, -0.15) is 5.10 Å². The lowest BCUT2D eigenvalue weighted by molar-refractivity contribution is 0.0943. The third-order valence-corrected chi connectivity index (χ3v) is 5.31. The van der Waals surface area contributed by atoms with E-state index >= 15 is 0 Å². The molecule has 0 aliphatic carbocycles. The van der Waals surface area contributed by atoms with Crippen LogP contribution in [0.2, 0.25) is 0 Å². The normalized spacial score (nSPS) is 11.8. The Hall–Kier alpha value is -1.67. The second-order valence-corrected chi connectivity index (χ2v) is 8.37. The van der Waals surface area contributed by atoms with Crippen LogP contribution in [0.15, 0.2) is 18.3 Å². The van der Waals surface area contributed by atoms with Crippen molar-refractivity contribution in [2.45, 2.75) is 46.7 Å². The van der Waals surface area contributed by atoms with Crippen molar-refractivity contribution in [2.24, 2.45) is 5.73 Å². The Labute approximate surface area is 181 Å². The number of aromatic nitrogens is 3. The molecule has 0 aliphatic rings. The van der Waals surface area contributed by atoms with Crippen molar-refractivity contribution in [3.63, 3.8) is 0 Å². The molecule has 1 atom stereocenters. The van der Waals surface area contributed by atoms with Crippen molar-refractivity contribution in [1.29, 1.82) is 0 Å². The average Bonchev–Trinajstić information content (AvgIpc) is 3.16. The fourth-order valence-corrected chi connectivity index (χ4v) is 3.90. The zero-order chi connectivity index (χ0) is 19.0. The molecule has 0 aromatic carbocycles. The van der Waals surface area contributed by atoms with Crippen molar-refractivity contribution in [3.05, 3.63) is 33.6 Å². The van der Waals surface area contributed by atoms with Gasteiger partial charge in [0.1, 0.15) is 0 Å². The summed E-state index contributed by atoms with van der Waals surface area (Å²) in [5.41, 5.74) is 8.83. The van der Waals surface area contributed by atoms with E-state index in [0.717, 1.165) is 22.3 Å². The minimum absolute atomic E-state index is 0. The highest BCUT2D eigenvalue weighted by Crippen LogP contribution is 2.32. The number of carbonyl (C=O) groups is 1. The topological polar surface area (TPSA) is 85.8 Å². The summed E-state index contributed by atoms with van der Waals surface area (Å²) in [6.07, 6.45) is 1.72. The lowest BCUT2D eigenvalue weighted by Crippen LogP contribution is -2.37. The van der Waals surface area contributed by atoms with Gasteiger partial charge in [-0.05, 0) is 46.8 Å². The summed E-state index contributed by atoms with van der Waals surface area (Å²) in [7, 11) is 0. The maximum Gasteiger partial charge on any atom is 0.252 e. The van der Waals surface area contributed by atoms with Crippen LogP contribution in [-0.2, 0) is 0 Å². The minimum Gasteiger partial charge on any atom is -0.348 e. The van der Waals surface area contributed by atoms with E-state index in [1.807, 2.05) is 17.7 Å². The van der Waals surface area contributed by atoms with Crippen LogP contribution in [0.4, 0.5) is 0 Å². The van der Waals surface area contributed by atoms with Gasteiger partial charge in [0.05, 0.1) is 22.8 Å². The maximum atomic E-state index is 12.9. The first kappa shape index (κ1) is 24.4. The van der Waals surface area contributed by atoms with Crippen LogP contribution in [0.5, 0.6) is 0 Å². The molecule has 28 heavy (non-hydrogen) atoms. The largest absolute Gasteiger partial charge is 0.348 e. The smallest absolute Gasteiger partial charge is 0.252 e. The number of aryl methyl sites for hydroxylation is 2. The molecule has 0 unspecified atom stereocenters. The number of carbonyl (C=O) groups excluding carboxylic acids is 1. The van der Waals surface area contributed by atoms with E-state index in [-0.39, 0.29) is 42.8 Å². The number of nitrogens with two attached hydrogens (primary N) is 1. The Kier molecular flexibility index (Phi) is 8.44. The number of rotatable bonds is 5. The molecule has 3 N–H and O–H groups in total. The zero-order valence-electron chi connectivity index (χ0n) is 16.6. The summed E-state index contributed by atoms with van der Waals surface area (Å²) in [5, 5.41) is 8.16. The van der Waals surface area contributed by atoms with Crippen LogP contribution < -0.4 is 11.1 Å². The Morgan fingerprint density at radius 1 is 1.25 bits per heavy atom. The minimum atomic E-state index is -0.149. The molecular weight excluding hydrogens is 417 g/mol.